The van der Waals surface area contributed by atoms with Crippen molar-refractivity contribution in [2.45, 2.75) is 52.6 Å². The van der Waals surface area contributed by atoms with Crippen LogP contribution >= 0.6 is 0 Å². The predicted octanol–water partition coefficient (Wildman–Crippen LogP) is 2.15. The first-order chi connectivity index (χ1) is 5.73. The summed E-state index contributed by atoms with van der Waals surface area (Å²) in [5.41, 5.74) is -0.874. The van der Waals surface area contributed by atoms with Gasteiger partial charge in [0.05, 0.1) is 0 Å². The highest BCUT2D eigenvalue weighted by atomic mass is 16.3. The highest BCUT2D eigenvalue weighted by molar-refractivity contribution is 5.87. The Balaban J connectivity index is 2.72. The van der Waals surface area contributed by atoms with Gasteiger partial charge >= 0.3 is 0 Å². The quantitative estimate of drug-likeness (QED) is 0.626. The Hall–Kier alpha value is -0.370. The minimum atomic E-state index is -1.07. The number of carbonyl (C=O) groups is 1. The Morgan fingerprint density at radius 2 is 2.00 bits per heavy atom. The summed E-state index contributed by atoms with van der Waals surface area (Å²) in [6.07, 6.45) is 2.09. The molecule has 2 atom stereocenters. The number of rotatable bonds is 0. The first-order valence-corrected chi connectivity index (χ1v) is 4.99. The second-order valence-corrected chi connectivity index (χ2v) is 5.50. The van der Waals surface area contributed by atoms with Crippen LogP contribution in [0.4, 0.5) is 0 Å². The molecule has 0 aromatic rings. The van der Waals surface area contributed by atoms with Crippen LogP contribution in [0, 0.1) is 11.3 Å². The summed E-state index contributed by atoms with van der Waals surface area (Å²) >= 11 is 0. The SMILES string of the molecule is CC(C)(C)[C@H]1CCC(=O)[C@@](C)(O)C1. The summed E-state index contributed by atoms with van der Waals surface area (Å²) in [5, 5.41) is 9.83. The van der Waals surface area contributed by atoms with Crippen molar-refractivity contribution in [1.82, 2.24) is 0 Å². The zero-order chi connectivity index (χ0) is 10.3. The number of aliphatic hydroxyl groups is 1. The van der Waals surface area contributed by atoms with Gasteiger partial charge in [-0.1, -0.05) is 20.8 Å². The molecule has 0 amide bonds. The lowest BCUT2D eigenvalue weighted by Gasteiger charge is -2.39. The smallest absolute Gasteiger partial charge is 0.164 e. The van der Waals surface area contributed by atoms with Crippen LogP contribution in [0.2, 0.25) is 0 Å². The maximum Gasteiger partial charge on any atom is 0.164 e. The maximum absolute atomic E-state index is 11.3. The molecule has 1 rings (SSSR count). The summed E-state index contributed by atoms with van der Waals surface area (Å²) in [6.45, 7) is 8.16. The van der Waals surface area contributed by atoms with E-state index in [2.05, 4.69) is 20.8 Å². The van der Waals surface area contributed by atoms with E-state index in [1.807, 2.05) is 0 Å². The summed E-state index contributed by atoms with van der Waals surface area (Å²) in [5.74, 6) is 0.466. The van der Waals surface area contributed by atoms with Crippen LogP contribution in [0.25, 0.3) is 0 Å². The third-order valence-electron chi connectivity index (χ3n) is 3.19. The molecule has 0 heterocycles. The van der Waals surface area contributed by atoms with E-state index in [-0.39, 0.29) is 11.2 Å². The van der Waals surface area contributed by atoms with Gasteiger partial charge in [-0.25, -0.2) is 0 Å². The van der Waals surface area contributed by atoms with Crippen molar-refractivity contribution in [3.8, 4) is 0 Å². The van der Waals surface area contributed by atoms with Crippen LogP contribution in [-0.2, 0) is 4.79 Å². The second-order valence-electron chi connectivity index (χ2n) is 5.50. The second kappa shape index (κ2) is 3.09. The standard InChI is InChI=1S/C11H20O2/c1-10(2,3)8-5-6-9(12)11(4,13)7-8/h8,13H,5-7H2,1-4H3/t8-,11-/m0/s1. The number of hydrogen-bond donors (Lipinski definition) is 1. The van der Waals surface area contributed by atoms with Crippen molar-refractivity contribution in [2.75, 3.05) is 0 Å². The minimum absolute atomic E-state index is 0.00741. The molecule has 0 bridgehead atoms. The highest BCUT2D eigenvalue weighted by Gasteiger charge is 2.41. The molecule has 1 N–H and O–H groups in total. The maximum atomic E-state index is 11.3. The lowest BCUT2D eigenvalue weighted by atomic mass is 9.67. The zero-order valence-corrected chi connectivity index (χ0v) is 9.05. The Labute approximate surface area is 80.3 Å². The van der Waals surface area contributed by atoms with E-state index >= 15 is 0 Å². The molecule has 0 aliphatic heterocycles. The van der Waals surface area contributed by atoms with Crippen molar-refractivity contribution < 1.29 is 9.90 Å². The number of ketones is 1. The van der Waals surface area contributed by atoms with E-state index < -0.39 is 5.60 Å². The van der Waals surface area contributed by atoms with Crippen LogP contribution in [0.5, 0.6) is 0 Å². The molecule has 1 aliphatic rings. The summed E-state index contributed by atoms with van der Waals surface area (Å²) in [7, 11) is 0. The summed E-state index contributed by atoms with van der Waals surface area (Å²) < 4.78 is 0. The van der Waals surface area contributed by atoms with E-state index in [0.29, 0.717) is 18.8 Å². The number of hydrogen-bond acceptors (Lipinski definition) is 2. The molecule has 0 aromatic heterocycles. The van der Waals surface area contributed by atoms with Gasteiger partial charge in [-0.2, -0.15) is 0 Å². The molecule has 2 heteroatoms. The Bertz CT molecular complexity index is 211. The monoisotopic (exact) mass is 184 g/mol. The lowest BCUT2D eigenvalue weighted by molar-refractivity contribution is -0.143. The van der Waals surface area contributed by atoms with Crippen LogP contribution in [0.3, 0.4) is 0 Å². The molecule has 1 saturated carbocycles. The zero-order valence-electron chi connectivity index (χ0n) is 9.05. The molecule has 0 radical (unpaired) electrons. The molecule has 2 nitrogen and oxygen atoms in total. The molecule has 0 unspecified atom stereocenters. The topological polar surface area (TPSA) is 37.3 Å². The van der Waals surface area contributed by atoms with Gasteiger partial charge in [-0.3, -0.25) is 4.79 Å². The molecule has 1 fully saturated rings. The molecule has 76 valence electrons. The highest BCUT2D eigenvalue weighted by Crippen LogP contribution is 2.40. The average molecular weight is 184 g/mol. The molecule has 0 saturated heterocycles. The summed E-state index contributed by atoms with van der Waals surface area (Å²) in [6, 6.07) is 0. The van der Waals surface area contributed by atoms with Gasteiger partial charge in [0.1, 0.15) is 5.60 Å². The number of carbonyl (C=O) groups excluding carboxylic acids is 1. The van der Waals surface area contributed by atoms with E-state index in [9.17, 15) is 9.90 Å². The average Bonchev–Trinajstić information content (AvgIpc) is 1.92. The minimum Gasteiger partial charge on any atom is -0.382 e. The van der Waals surface area contributed by atoms with Gasteiger partial charge in [-0.05, 0) is 31.1 Å². The van der Waals surface area contributed by atoms with E-state index in [1.165, 1.54) is 0 Å². The predicted molar refractivity (Wildman–Crippen MR) is 52.4 cm³/mol. The fourth-order valence-electron chi connectivity index (χ4n) is 2.01. The van der Waals surface area contributed by atoms with Crippen molar-refractivity contribution in [3.63, 3.8) is 0 Å². The van der Waals surface area contributed by atoms with Crippen LogP contribution in [0.1, 0.15) is 47.0 Å². The van der Waals surface area contributed by atoms with Crippen molar-refractivity contribution in [2.24, 2.45) is 11.3 Å². The first kappa shape index (κ1) is 10.7. The Kier molecular flexibility index (Phi) is 2.54. The normalized spacial score (nSPS) is 36.4. The van der Waals surface area contributed by atoms with Gasteiger partial charge in [0.15, 0.2) is 5.78 Å². The number of Topliss-reactive ketones (excluding diaryl/α,β-unsaturated/α-hetero) is 1. The molecule has 13 heavy (non-hydrogen) atoms. The third kappa shape index (κ3) is 2.31. The molecule has 0 spiro atoms. The van der Waals surface area contributed by atoms with E-state index in [4.69, 9.17) is 0 Å². The fraction of sp³-hybridized carbons (Fsp3) is 0.909. The molecular formula is C11H20O2. The van der Waals surface area contributed by atoms with E-state index in [0.717, 1.165) is 6.42 Å². The van der Waals surface area contributed by atoms with Crippen LogP contribution < -0.4 is 0 Å². The molecular weight excluding hydrogens is 164 g/mol. The summed E-state index contributed by atoms with van der Waals surface area (Å²) in [4.78, 5) is 11.3. The van der Waals surface area contributed by atoms with Crippen molar-refractivity contribution in [3.05, 3.63) is 0 Å². The third-order valence-corrected chi connectivity index (χ3v) is 3.19. The first-order valence-electron chi connectivity index (χ1n) is 4.99. The Morgan fingerprint density at radius 3 is 2.38 bits per heavy atom. The molecule has 1 aliphatic carbocycles. The van der Waals surface area contributed by atoms with Gasteiger partial charge < -0.3 is 5.11 Å². The van der Waals surface area contributed by atoms with Crippen molar-refractivity contribution in [1.29, 1.82) is 0 Å². The van der Waals surface area contributed by atoms with Crippen molar-refractivity contribution >= 4 is 5.78 Å². The van der Waals surface area contributed by atoms with Gasteiger partial charge in [0.2, 0.25) is 0 Å². The van der Waals surface area contributed by atoms with Gasteiger partial charge in [-0.15, -0.1) is 0 Å². The largest absolute Gasteiger partial charge is 0.382 e. The van der Waals surface area contributed by atoms with E-state index in [1.54, 1.807) is 6.92 Å². The fourth-order valence-corrected chi connectivity index (χ4v) is 2.01. The van der Waals surface area contributed by atoms with Crippen LogP contribution in [-0.4, -0.2) is 16.5 Å². The van der Waals surface area contributed by atoms with Gasteiger partial charge in [0.25, 0.3) is 0 Å². The van der Waals surface area contributed by atoms with Gasteiger partial charge in [0, 0.05) is 6.42 Å². The molecule has 0 aromatic carbocycles. The lowest BCUT2D eigenvalue weighted by Crippen LogP contribution is -2.44. The Morgan fingerprint density at radius 1 is 1.46 bits per heavy atom. The van der Waals surface area contributed by atoms with Crippen LogP contribution in [0.15, 0.2) is 0 Å².